The van der Waals surface area contributed by atoms with Crippen molar-refractivity contribution in [3.63, 3.8) is 0 Å². The Morgan fingerprint density at radius 2 is 1.94 bits per heavy atom. The van der Waals surface area contributed by atoms with Gasteiger partial charge >= 0.3 is 0 Å². The molecule has 1 rings (SSSR count). The average molecular weight is 216 g/mol. The quantitative estimate of drug-likeness (QED) is 0.603. The van der Waals surface area contributed by atoms with Crippen LogP contribution in [0.3, 0.4) is 0 Å². The monoisotopic (exact) mass is 216 g/mol. The van der Waals surface area contributed by atoms with E-state index in [0.29, 0.717) is 0 Å². The third-order valence-electron chi connectivity index (χ3n) is 2.60. The Labute approximate surface area is 98.5 Å². The molecule has 0 heterocycles. The van der Waals surface area contributed by atoms with Crippen molar-refractivity contribution in [3.8, 4) is 11.8 Å². The van der Waals surface area contributed by atoms with E-state index in [4.69, 9.17) is 0 Å². The fraction of sp³-hybridized carbons (Fsp3) is 0.467. The van der Waals surface area contributed by atoms with Gasteiger partial charge in [0.15, 0.2) is 0 Å². The molecule has 0 aliphatic carbocycles. The molecule has 1 aromatic rings. The SMILES string of the molecule is CCCCC#C[C@@H](C)[C@@H](O)c1ccccc1. The normalized spacial score (nSPS) is 13.7. The van der Waals surface area contributed by atoms with E-state index in [9.17, 15) is 5.11 Å². The highest BCUT2D eigenvalue weighted by Crippen LogP contribution is 2.20. The van der Waals surface area contributed by atoms with Crippen molar-refractivity contribution < 1.29 is 5.11 Å². The maximum absolute atomic E-state index is 10.0. The lowest BCUT2D eigenvalue weighted by Crippen LogP contribution is -2.06. The molecule has 2 atom stereocenters. The van der Waals surface area contributed by atoms with Crippen molar-refractivity contribution in [2.75, 3.05) is 0 Å². The van der Waals surface area contributed by atoms with E-state index in [-0.39, 0.29) is 5.92 Å². The second kappa shape index (κ2) is 7.09. The van der Waals surface area contributed by atoms with Crippen molar-refractivity contribution in [1.29, 1.82) is 0 Å². The van der Waals surface area contributed by atoms with E-state index in [1.54, 1.807) is 0 Å². The first-order chi connectivity index (χ1) is 7.75. The number of unbranched alkanes of at least 4 members (excludes halogenated alkanes) is 2. The lowest BCUT2D eigenvalue weighted by molar-refractivity contribution is 0.143. The minimum atomic E-state index is -0.477. The van der Waals surface area contributed by atoms with Crippen molar-refractivity contribution in [2.24, 2.45) is 5.92 Å². The van der Waals surface area contributed by atoms with E-state index < -0.39 is 6.10 Å². The van der Waals surface area contributed by atoms with Crippen LogP contribution >= 0.6 is 0 Å². The van der Waals surface area contributed by atoms with Gasteiger partial charge in [-0.3, -0.25) is 0 Å². The molecule has 0 aromatic heterocycles. The molecule has 16 heavy (non-hydrogen) atoms. The second-order valence-electron chi connectivity index (χ2n) is 4.07. The molecule has 0 fully saturated rings. The summed E-state index contributed by atoms with van der Waals surface area (Å²) in [6.45, 7) is 4.13. The van der Waals surface area contributed by atoms with Crippen molar-refractivity contribution in [1.82, 2.24) is 0 Å². The van der Waals surface area contributed by atoms with Gasteiger partial charge in [-0.1, -0.05) is 49.6 Å². The number of hydrogen-bond donors (Lipinski definition) is 1. The van der Waals surface area contributed by atoms with Gasteiger partial charge in [-0.25, -0.2) is 0 Å². The van der Waals surface area contributed by atoms with E-state index in [0.717, 1.165) is 18.4 Å². The largest absolute Gasteiger partial charge is 0.387 e. The van der Waals surface area contributed by atoms with Crippen LogP contribution in [0.25, 0.3) is 0 Å². The van der Waals surface area contributed by atoms with E-state index in [1.165, 1.54) is 6.42 Å². The van der Waals surface area contributed by atoms with Crippen LogP contribution in [0.2, 0.25) is 0 Å². The summed E-state index contributed by atoms with van der Waals surface area (Å²) in [6.07, 6.45) is 2.77. The van der Waals surface area contributed by atoms with Gasteiger partial charge in [0.25, 0.3) is 0 Å². The predicted molar refractivity (Wildman–Crippen MR) is 67.9 cm³/mol. The summed E-state index contributed by atoms with van der Waals surface area (Å²) in [5.41, 5.74) is 0.944. The Morgan fingerprint density at radius 3 is 2.56 bits per heavy atom. The summed E-state index contributed by atoms with van der Waals surface area (Å²) in [4.78, 5) is 0. The lowest BCUT2D eigenvalue weighted by atomic mass is 9.98. The van der Waals surface area contributed by atoms with Gasteiger partial charge in [0.2, 0.25) is 0 Å². The topological polar surface area (TPSA) is 20.2 Å². The molecule has 0 aliphatic heterocycles. The summed E-state index contributed by atoms with van der Waals surface area (Å²) in [5.74, 6) is 6.24. The predicted octanol–water partition coefficient (Wildman–Crippen LogP) is 3.55. The Kier molecular flexibility index (Phi) is 5.67. The van der Waals surface area contributed by atoms with Crippen LogP contribution in [0.1, 0.15) is 44.8 Å². The molecule has 1 aromatic carbocycles. The maximum Gasteiger partial charge on any atom is 0.0924 e. The molecule has 0 aliphatic rings. The highest BCUT2D eigenvalue weighted by Gasteiger charge is 2.13. The zero-order chi connectivity index (χ0) is 11.8. The minimum Gasteiger partial charge on any atom is -0.387 e. The Bertz CT molecular complexity index is 345. The second-order valence-corrected chi connectivity index (χ2v) is 4.07. The molecule has 0 saturated heterocycles. The molecule has 1 nitrogen and oxygen atoms in total. The zero-order valence-electron chi connectivity index (χ0n) is 10.1. The Hall–Kier alpha value is -1.26. The average Bonchev–Trinajstić information content (AvgIpc) is 2.34. The first-order valence-electron chi connectivity index (χ1n) is 5.97. The highest BCUT2D eigenvalue weighted by atomic mass is 16.3. The van der Waals surface area contributed by atoms with Crippen LogP contribution in [0.4, 0.5) is 0 Å². The summed E-state index contributed by atoms with van der Waals surface area (Å²) >= 11 is 0. The van der Waals surface area contributed by atoms with Gasteiger partial charge in [-0.15, -0.1) is 5.92 Å². The van der Waals surface area contributed by atoms with E-state index in [2.05, 4.69) is 18.8 Å². The third kappa shape index (κ3) is 4.08. The lowest BCUT2D eigenvalue weighted by Gasteiger charge is -2.13. The standard InChI is InChI=1S/C15H20O/c1-3-4-5-7-10-13(2)15(16)14-11-8-6-9-12-14/h6,8-9,11-13,15-16H,3-5H2,1-2H3/t13-,15-/m1/s1. The van der Waals surface area contributed by atoms with E-state index in [1.807, 2.05) is 37.3 Å². The molecular weight excluding hydrogens is 196 g/mol. The molecule has 1 heteroatoms. The van der Waals surface area contributed by atoms with Gasteiger partial charge in [0.05, 0.1) is 6.10 Å². The van der Waals surface area contributed by atoms with Crippen LogP contribution in [-0.2, 0) is 0 Å². The van der Waals surface area contributed by atoms with Gasteiger partial charge < -0.3 is 5.11 Å². The van der Waals surface area contributed by atoms with Gasteiger partial charge in [-0.2, -0.15) is 0 Å². The van der Waals surface area contributed by atoms with Gasteiger partial charge in [-0.05, 0) is 18.9 Å². The maximum atomic E-state index is 10.0. The molecule has 0 unspecified atom stereocenters. The zero-order valence-corrected chi connectivity index (χ0v) is 10.1. The first kappa shape index (κ1) is 12.8. The van der Waals surface area contributed by atoms with Crippen molar-refractivity contribution >= 4 is 0 Å². The summed E-state index contributed by atoms with van der Waals surface area (Å²) in [7, 11) is 0. The fourth-order valence-electron chi connectivity index (χ4n) is 1.52. The van der Waals surface area contributed by atoms with Crippen LogP contribution < -0.4 is 0 Å². The number of rotatable bonds is 4. The summed E-state index contributed by atoms with van der Waals surface area (Å²) < 4.78 is 0. The van der Waals surface area contributed by atoms with Crippen LogP contribution in [-0.4, -0.2) is 5.11 Å². The number of hydrogen-bond acceptors (Lipinski definition) is 1. The van der Waals surface area contributed by atoms with Gasteiger partial charge in [0, 0.05) is 12.3 Å². The Morgan fingerprint density at radius 1 is 1.25 bits per heavy atom. The minimum absolute atomic E-state index is 0.000689. The molecular formula is C15H20O. The van der Waals surface area contributed by atoms with E-state index >= 15 is 0 Å². The molecule has 0 saturated carbocycles. The van der Waals surface area contributed by atoms with Crippen LogP contribution in [0.15, 0.2) is 30.3 Å². The highest BCUT2D eigenvalue weighted by molar-refractivity contribution is 5.20. The third-order valence-corrected chi connectivity index (χ3v) is 2.60. The first-order valence-corrected chi connectivity index (χ1v) is 5.97. The Balaban J connectivity index is 2.53. The van der Waals surface area contributed by atoms with Crippen LogP contribution in [0.5, 0.6) is 0 Å². The fourth-order valence-corrected chi connectivity index (χ4v) is 1.52. The summed E-state index contributed by atoms with van der Waals surface area (Å²) in [6, 6.07) is 9.71. The smallest absolute Gasteiger partial charge is 0.0924 e. The number of aliphatic hydroxyl groups is 1. The van der Waals surface area contributed by atoms with Crippen molar-refractivity contribution in [3.05, 3.63) is 35.9 Å². The molecule has 1 N–H and O–H groups in total. The van der Waals surface area contributed by atoms with Crippen LogP contribution in [0, 0.1) is 17.8 Å². The molecule has 0 amide bonds. The number of aliphatic hydroxyl groups excluding tert-OH is 1. The van der Waals surface area contributed by atoms with Gasteiger partial charge in [0.1, 0.15) is 0 Å². The molecule has 0 spiro atoms. The molecule has 0 bridgehead atoms. The van der Waals surface area contributed by atoms with Crippen molar-refractivity contribution in [2.45, 2.75) is 39.2 Å². The number of benzene rings is 1. The summed E-state index contributed by atoms with van der Waals surface area (Å²) in [5, 5.41) is 10.0. The molecule has 0 radical (unpaired) electrons. The molecule has 86 valence electrons.